The summed E-state index contributed by atoms with van der Waals surface area (Å²) in [6.45, 7) is 6.05. The highest BCUT2D eigenvalue weighted by atomic mass is 16.6. The van der Waals surface area contributed by atoms with Gasteiger partial charge in [0.1, 0.15) is 5.75 Å². The predicted molar refractivity (Wildman–Crippen MR) is 106 cm³/mol. The maximum Gasteiger partial charge on any atom is 0.310 e. The first-order valence-electron chi connectivity index (χ1n) is 9.01. The van der Waals surface area contributed by atoms with Crippen LogP contribution in [-0.2, 0) is 4.79 Å². The number of hydrogen-bond donors (Lipinski definition) is 2. The molecule has 29 heavy (non-hydrogen) atoms. The van der Waals surface area contributed by atoms with Crippen LogP contribution in [-0.4, -0.2) is 29.4 Å². The highest BCUT2D eigenvalue weighted by Gasteiger charge is 2.21. The molecule has 0 fully saturated rings. The lowest BCUT2D eigenvalue weighted by Gasteiger charge is -2.15. The summed E-state index contributed by atoms with van der Waals surface area (Å²) in [6.07, 6.45) is -1.07. The van der Waals surface area contributed by atoms with E-state index in [0.717, 1.165) is 0 Å². The van der Waals surface area contributed by atoms with Crippen LogP contribution in [0.4, 0.5) is 5.69 Å². The van der Waals surface area contributed by atoms with Gasteiger partial charge in [-0.3, -0.25) is 30.6 Å². The smallest absolute Gasteiger partial charge is 0.310 e. The second-order valence-corrected chi connectivity index (χ2v) is 6.66. The highest BCUT2D eigenvalue weighted by molar-refractivity contribution is 5.95. The van der Waals surface area contributed by atoms with Crippen molar-refractivity contribution in [2.24, 2.45) is 5.92 Å². The number of hydrogen-bond acceptors (Lipinski definition) is 6. The molecule has 9 nitrogen and oxygen atoms in total. The molecule has 0 spiro atoms. The molecular weight excluding hydrogens is 378 g/mol. The predicted octanol–water partition coefficient (Wildman–Crippen LogP) is 2.86. The van der Waals surface area contributed by atoms with Crippen LogP contribution in [0.3, 0.4) is 0 Å². The Balaban J connectivity index is 1.88. The molecule has 0 aromatic heterocycles. The van der Waals surface area contributed by atoms with Crippen molar-refractivity contribution in [3.63, 3.8) is 0 Å². The van der Waals surface area contributed by atoms with E-state index in [1.54, 1.807) is 30.3 Å². The summed E-state index contributed by atoms with van der Waals surface area (Å²) in [4.78, 5) is 34.7. The van der Waals surface area contributed by atoms with Crippen LogP contribution in [0.25, 0.3) is 0 Å². The van der Waals surface area contributed by atoms with E-state index < -0.39 is 22.8 Å². The molecule has 154 valence electrons. The number of nitro groups is 1. The van der Waals surface area contributed by atoms with Gasteiger partial charge in [0.25, 0.3) is 11.8 Å². The van der Waals surface area contributed by atoms with E-state index in [1.165, 1.54) is 25.1 Å². The molecule has 0 bridgehead atoms. The molecule has 1 atom stereocenters. The lowest BCUT2D eigenvalue weighted by Crippen LogP contribution is -2.47. The van der Waals surface area contributed by atoms with E-state index in [0.29, 0.717) is 23.8 Å². The van der Waals surface area contributed by atoms with Gasteiger partial charge >= 0.3 is 5.69 Å². The van der Waals surface area contributed by atoms with Crippen molar-refractivity contribution in [2.45, 2.75) is 26.9 Å². The van der Waals surface area contributed by atoms with Gasteiger partial charge in [-0.1, -0.05) is 26.0 Å². The third-order valence-electron chi connectivity index (χ3n) is 3.73. The molecule has 2 amide bonds. The van der Waals surface area contributed by atoms with Gasteiger partial charge in [-0.05, 0) is 43.2 Å². The molecule has 2 aromatic carbocycles. The molecule has 2 aromatic rings. The first kappa shape index (κ1) is 21.7. The fraction of sp³-hybridized carbons (Fsp3) is 0.300. The number of amides is 2. The second-order valence-electron chi connectivity index (χ2n) is 6.66. The number of benzene rings is 2. The lowest BCUT2D eigenvalue weighted by molar-refractivity contribution is -0.386. The second kappa shape index (κ2) is 10.1. The zero-order valence-electron chi connectivity index (χ0n) is 16.4. The van der Waals surface area contributed by atoms with Crippen LogP contribution in [0.5, 0.6) is 11.5 Å². The Labute approximate surface area is 168 Å². The van der Waals surface area contributed by atoms with Gasteiger partial charge in [-0.2, -0.15) is 0 Å². The summed E-state index contributed by atoms with van der Waals surface area (Å²) in [7, 11) is 0. The van der Waals surface area contributed by atoms with Crippen molar-refractivity contribution in [2.75, 3.05) is 6.61 Å². The minimum absolute atomic E-state index is 0.0385. The van der Waals surface area contributed by atoms with E-state index in [-0.39, 0.29) is 11.4 Å². The van der Waals surface area contributed by atoms with Crippen LogP contribution >= 0.6 is 0 Å². The Hall–Kier alpha value is -3.62. The number of nitrogens with one attached hydrogen (secondary N) is 2. The molecule has 0 aliphatic heterocycles. The van der Waals surface area contributed by atoms with Crippen molar-refractivity contribution in [3.05, 3.63) is 64.2 Å². The minimum atomic E-state index is -1.07. The van der Waals surface area contributed by atoms with Gasteiger partial charge < -0.3 is 9.47 Å². The van der Waals surface area contributed by atoms with Crippen molar-refractivity contribution in [3.8, 4) is 11.5 Å². The molecule has 0 radical (unpaired) electrons. The Bertz CT molecular complexity index is 867. The number of ether oxygens (including phenoxy) is 2. The Morgan fingerprint density at radius 3 is 2.31 bits per heavy atom. The van der Waals surface area contributed by atoms with Crippen molar-refractivity contribution in [1.82, 2.24) is 10.9 Å². The number of rotatable bonds is 8. The van der Waals surface area contributed by atoms with Gasteiger partial charge in [0.2, 0.25) is 0 Å². The number of hydrazine groups is 1. The quantitative estimate of drug-likeness (QED) is 0.518. The average Bonchev–Trinajstić information content (AvgIpc) is 2.70. The first-order valence-corrected chi connectivity index (χ1v) is 9.01. The fourth-order valence-corrected chi connectivity index (χ4v) is 2.21. The topological polar surface area (TPSA) is 120 Å². The summed E-state index contributed by atoms with van der Waals surface area (Å²) < 4.78 is 10.9. The maximum absolute atomic E-state index is 12.2. The van der Waals surface area contributed by atoms with Crippen LogP contribution in [0.1, 0.15) is 31.1 Å². The SMILES string of the molecule is CC(C)COc1ccc(C(=O)NNC(=O)[C@@H](C)Oc2ccccc2[N+](=O)[O-])cc1. The molecule has 2 rings (SSSR count). The summed E-state index contributed by atoms with van der Waals surface area (Å²) >= 11 is 0. The summed E-state index contributed by atoms with van der Waals surface area (Å²) in [6, 6.07) is 12.2. The van der Waals surface area contributed by atoms with Crippen molar-refractivity contribution in [1.29, 1.82) is 0 Å². The van der Waals surface area contributed by atoms with E-state index in [4.69, 9.17) is 9.47 Å². The Morgan fingerprint density at radius 1 is 1.03 bits per heavy atom. The Kier molecular flexibility index (Phi) is 7.53. The third-order valence-corrected chi connectivity index (χ3v) is 3.73. The first-order chi connectivity index (χ1) is 13.8. The Morgan fingerprint density at radius 2 is 1.69 bits per heavy atom. The number of nitrogens with zero attached hydrogens (tertiary/aromatic N) is 1. The number of para-hydroxylation sites is 2. The van der Waals surface area contributed by atoms with Crippen LogP contribution < -0.4 is 20.3 Å². The number of carbonyl (C=O) groups is 2. The van der Waals surface area contributed by atoms with Gasteiger partial charge in [-0.25, -0.2) is 0 Å². The summed E-state index contributed by atoms with van der Waals surface area (Å²) in [5.41, 5.74) is 4.59. The van der Waals surface area contributed by atoms with Gasteiger partial charge in [0.15, 0.2) is 11.9 Å². The molecule has 0 unspecified atom stereocenters. The maximum atomic E-state index is 12.2. The van der Waals surface area contributed by atoms with Gasteiger partial charge in [-0.15, -0.1) is 0 Å². The van der Waals surface area contributed by atoms with E-state index in [9.17, 15) is 19.7 Å². The molecule has 0 aliphatic rings. The van der Waals surface area contributed by atoms with E-state index >= 15 is 0 Å². The van der Waals surface area contributed by atoms with E-state index in [2.05, 4.69) is 10.9 Å². The molecule has 9 heteroatoms. The molecule has 0 heterocycles. The average molecular weight is 401 g/mol. The van der Waals surface area contributed by atoms with Crippen LogP contribution in [0, 0.1) is 16.0 Å². The number of nitro benzene ring substituents is 1. The molecule has 2 N–H and O–H groups in total. The molecule has 0 saturated carbocycles. The third kappa shape index (κ3) is 6.49. The number of carbonyl (C=O) groups excluding carboxylic acids is 2. The zero-order chi connectivity index (χ0) is 21.4. The molecule has 0 saturated heterocycles. The van der Waals surface area contributed by atoms with Crippen molar-refractivity contribution < 1.29 is 24.0 Å². The normalized spacial score (nSPS) is 11.4. The molecule has 0 aliphatic carbocycles. The van der Waals surface area contributed by atoms with Crippen molar-refractivity contribution >= 4 is 17.5 Å². The minimum Gasteiger partial charge on any atom is -0.493 e. The summed E-state index contributed by atoms with van der Waals surface area (Å²) in [5, 5.41) is 11.0. The zero-order valence-corrected chi connectivity index (χ0v) is 16.4. The van der Waals surface area contributed by atoms with Crippen LogP contribution in [0.2, 0.25) is 0 Å². The van der Waals surface area contributed by atoms with Gasteiger partial charge in [0, 0.05) is 11.6 Å². The highest BCUT2D eigenvalue weighted by Crippen LogP contribution is 2.26. The van der Waals surface area contributed by atoms with E-state index in [1.807, 2.05) is 13.8 Å². The largest absolute Gasteiger partial charge is 0.493 e. The van der Waals surface area contributed by atoms with Crippen LogP contribution in [0.15, 0.2) is 48.5 Å². The van der Waals surface area contributed by atoms with Gasteiger partial charge in [0.05, 0.1) is 11.5 Å². The lowest BCUT2D eigenvalue weighted by atomic mass is 10.2. The standard InChI is InChI=1S/C20H23N3O6/c1-13(2)12-28-16-10-8-15(9-11-16)20(25)22-21-19(24)14(3)29-18-7-5-4-6-17(18)23(26)27/h4-11,13-14H,12H2,1-3H3,(H,21,24)(H,22,25)/t14-/m1/s1. The monoisotopic (exact) mass is 401 g/mol. The summed E-state index contributed by atoms with van der Waals surface area (Å²) in [5.74, 6) is -0.191. The fourth-order valence-electron chi connectivity index (χ4n) is 2.21. The molecular formula is C20H23N3O6.